The summed E-state index contributed by atoms with van der Waals surface area (Å²) < 4.78 is 1.92. The highest BCUT2D eigenvalue weighted by Crippen LogP contribution is 2.14. The topological polar surface area (TPSA) is 50.2 Å². The van der Waals surface area contributed by atoms with Gasteiger partial charge in [-0.05, 0) is 20.3 Å². The van der Waals surface area contributed by atoms with E-state index in [-0.39, 0.29) is 5.91 Å². The van der Waals surface area contributed by atoms with Crippen molar-refractivity contribution < 1.29 is 4.79 Å². The number of likely N-dealkylation sites (tertiary alicyclic amines) is 1. The number of aromatic nitrogens is 2. The van der Waals surface area contributed by atoms with Gasteiger partial charge in [0.2, 0.25) is 5.91 Å². The molecule has 1 unspecified atom stereocenters. The van der Waals surface area contributed by atoms with Crippen LogP contribution in [0.1, 0.15) is 29.8 Å². The summed E-state index contributed by atoms with van der Waals surface area (Å²) in [6, 6.07) is 0.395. The Kier molecular flexibility index (Phi) is 3.71. The fourth-order valence-corrected chi connectivity index (χ4v) is 2.50. The molecule has 0 bridgehead atoms. The van der Waals surface area contributed by atoms with Crippen LogP contribution in [0, 0.1) is 13.8 Å². The van der Waals surface area contributed by atoms with Gasteiger partial charge in [0.25, 0.3) is 0 Å². The zero-order valence-corrected chi connectivity index (χ0v) is 11.7. The van der Waals surface area contributed by atoms with Gasteiger partial charge >= 0.3 is 0 Å². The Balaban J connectivity index is 1.94. The molecule has 18 heavy (non-hydrogen) atoms. The number of carbonyl (C=O) groups is 1. The normalized spacial score (nSPS) is 20.6. The zero-order valence-electron chi connectivity index (χ0n) is 11.7. The highest BCUT2D eigenvalue weighted by Gasteiger charge is 2.22. The highest BCUT2D eigenvalue weighted by molar-refractivity contribution is 5.76. The van der Waals surface area contributed by atoms with E-state index in [4.69, 9.17) is 0 Å². The van der Waals surface area contributed by atoms with E-state index in [0.717, 1.165) is 25.2 Å². The number of hydrogen-bond donors (Lipinski definition) is 1. The second-order valence-electron chi connectivity index (χ2n) is 5.16. The average Bonchev–Trinajstić information content (AvgIpc) is 2.56. The van der Waals surface area contributed by atoms with Crippen molar-refractivity contribution in [2.24, 2.45) is 7.05 Å². The van der Waals surface area contributed by atoms with Gasteiger partial charge in [-0.1, -0.05) is 0 Å². The SMILES string of the molecule is Cc1nn(C)c(C)c1CNC1CCC(=O)N(C)C1. The van der Waals surface area contributed by atoms with Crippen LogP contribution >= 0.6 is 0 Å². The van der Waals surface area contributed by atoms with E-state index in [0.29, 0.717) is 12.5 Å². The maximum absolute atomic E-state index is 11.4. The molecule has 2 rings (SSSR count). The standard InChI is InChI=1S/C13H22N4O/c1-9-12(10(2)17(4)15-9)7-14-11-5-6-13(18)16(3)8-11/h11,14H,5-8H2,1-4H3. The first-order chi connectivity index (χ1) is 8.49. The Morgan fingerprint density at radius 3 is 2.67 bits per heavy atom. The number of nitrogens with one attached hydrogen (secondary N) is 1. The molecule has 1 N–H and O–H groups in total. The summed E-state index contributed by atoms with van der Waals surface area (Å²) >= 11 is 0. The monoisotopic (exact) mass is 250 g/mol. The molecule has 1 atom stereocenters. The molecule has 0 radical (unpaired) electrons. The van der Waals surface area contributed by atoms with Crippen molar-refractivity contribution in [3.05, 3.63) is 17.0 Å². The summed E-state index contributed by atoms with van der Waals surface area (Å²) in [7, 11) is 3.84. The molecule has 5 nitrogen and oxygen atoms in total. The third-order valence-corrected chi connectivity index (χ3v) is 3.85. The number of likely N-dealkylation sites (N-methyl/N-ethyl adjacent to an activating group) is 1. The minimum atomic E-state index is 0.252. The maximum Gasteiger partial charge on any atom is 0.222 e. The van der Waals surface area contributed by atoms with Crippen LogP contribution < -0.4 is 5.32 Å². The third-order valence-electron chi connectivity index (χ3n) is 3.85. The van der Waals surface area contributed by atoms with Gasteiger partial charge in [-0.15, -0.1) is 0 Å². The van der Waals surface area contributed by atoms with Gasteiger partial charge in [-0.25, -0.2) is 0 Å². The largest absolute Gasteiger partial charge is 0.344 e. The highest BCUT2D eigenvalue weighted by atomic mass is 16.2. The number of piperidine rings is 1. The zero-order chi connectivity index (χ0) is 13.3. The minimum Gasteiger partial charge on any atom is -0.344 e. The van der Waals surface area contributed by atoms with Crippen molar-refractivity contribution in [3.8, 4) is 0 Å². The molecule has 0 spiro atoms. The van der Waals surface area contributed by atoms with Gasteiger partial charge in [-0.2, -0.15) is 5.10 Å². The first-order valence-electron chi connectivity index (χ1n) is 6.45. The number of amides is 1. The second-order valence-corrected chi connectivity index (χ2v) is 5.16. The van der Waals surface area contributed by atoms with Gasteiger partial charge in [0.15, 0.2) is 0 Å². The molecule has 1 aromatic heterocycles. The predicted octanol–water partition coefficient (Wildman–Crippen LogP) is 0.747. The lowest BCUT2D eigenvalue weighted by atomic mass is 10.1. The Morgan fingerprint density at radius 1 is 1.39 bits per heavy atom. The average molecular weight is 250 g/mol. The van der Waals surface area contributed by atoms with Crippen molar-refractivity contribution in [2.45, 2.75) is 39.3 Å². The van der Waals surface area contributed by atoms with Crippen LogP contribution in [0.2, 0.25) is 0 Å². The molecule has 2 heterocycles. The Morgan fingerprint density at radius 2 is 2.11 bits per heavy atom. The summed E-state index contributed by atoms with van der Waals surface area (Å²) in [4.78, 5) is 13.2. The number of hydrogen-bond acceptors (Lipinski definition) is 3. The van der Waals surface area contributed by atoms with Crippen LogP contribution in [-0.2, 0) is 18.4 Å². The van der Waals surface area contributed by atoms with Crippen molar-refractivity contribution in [3.63, 3.8) is 0 Å². The van der Waals surface area contributed by atoms with E-state index < -0.39 is 0 Å². The summed E-state index contributed by atoms with van der Waals surface area (Å²) in [5, 5.41) is 7.95. The van der Waals surface area contributed by atoms with Crippen LogP contribution in [0.25, 0.3) is 0 Å². The smallest absolute Gasteiger partial charge is 0.222 e. The van der Waals surface area contributed by atoms with Crippen molar-refractivity contribution in [2.75, 3.05) is 13.6 Å². The van der Waals surface area contributed by atoms with Gasteiger partial charge in [0.05, 0.1) is 5.69 Å². The van der Waals surface area contributed by atoms with E-state index in [9.17, 15) is 4.79 Å². The number of carbonyl (C=O) groups excluding carboxylic acids is 1. The van der Waals surface area contributed by atoms with Crippen LogP contribution in [0.4, 0.5) is 0 Å². The van der Waals surface area contributed by atoms with E-state index in [1.165, 1.54) is 11.3 Å². The van der Waals surface area contributed by atoms with Crippen molar-refractivity contribution in [1.82, 2.24) is 20.0 Å². The summed E-state index contributed by atoms with van der Waals surface area (Å²) in [6.45, 7) is 5.77. The van der Waals surface area contributed by atoms with Gasteiger partial charge in [0.1, 0.15) is 0 Å². The molecule has 100 valence electrons. The molecule has 1 aliphatic rings. The Labute approximate surface area is 108 Å². The molecular formula is C13H22N4O. The quantitative estimate of drug-likeness (QED) is 0.861. The summed E-state index contributed by atoms with van der Waals surface area (Å²) in [5.41, 5.74) is 3.57. The summed E-state index contributed by atoms with van der Waals surface area (Å²) in [6.07, 6.45) is 1.58. The molecule has 5 heteroatoms. The minimum absolute atomic E-state index is 0.252. The molecule has 1 amide bonds. The van der Waals surface area contributed by atoms with Crippen LogP contribution in [0.5, 0.6) is 0 Å². The molecule has 0 aliphatic carbocycles. The number of aryl methyl sites for hydroxylation is 2. The lowest BCUT2D eigenvalue weighted by Crippen LogP contribution is -2.46. The molecule has 0 aromatic carbocycles. The van der Waals surface area contributed by atoms with E-state index >= 15 is 0 Å². The molecular weight excluding hydrogens is 228 g/mol. The lowest BCUT2D eigenvalue weighted by molar-refractivity contribution is -0.132. The predicted molar refractivity (Wildman–Crippen MR) is 70.2 cm³/mol. The summed E-state index contributed by atoms with van der Waals surface area (Å²) in [5.74, 6) is 0.252. The van der Waals surface area contributed by atoms with Gasteiger partial charge < -0.3 is 10.2 Å². The van der Waals surface area contributed by atoms with Crippen LogP contribution in [0.3, 0.4) is 0 Å². The van der Waals surface area contributed by atoms with Crippen LogP contribution in [-0.4, -0.2) is 40.2 Å². The third kappa shape index (κ3) is 2.56. The van der Waals surface area contributed by atoms with E-state index in [2.05, 4.69) is 17.3 Å². The van der Waals surface area contributed by atoms with Crippen molar-refractivity contribution >= 4 is 5.91 Å². The van der Waals surface area contributed by atoms with Gasteiger partial charge in [0, 0.05) is 50.9 Å². The van der Waals surface area contributed by atoms with Crippen molar-refractivity contribution in [1.29, 1.82) is 0 Å². The fraction of sp³-hybridized carbons (Fsp3) is 0.692. The maximum atomic E-state index is 11.4. The van der Waals surface area contributed by atoms with Crippen LogP contribution in [0.15, 0.2) is 0 Å². The second kappa shape index (κ2) is 5.10. The fourth-order valence-electron chi connectivity index (χ4n) is 2.50. The Hall–Kier alpha value is -1.36. The molecule has 1 fully saturated rings. The molecule has 1 saturated heterocycles. The first kappa shape index (κ1) is 13.1. The Bertz CT molecular complexity index is 452. The molecule has 1 aliphatic heterocycles. The first-order valence-corrected chi connectivity index (χ1v) is 6.45. The van der Waals surface area contributed by atoms with E-state index in [1.807, 2.05) is 30.6 Å². The molecule has 0 saturated carbocycles. The molecule has 1 aromatic rings. The lowest BCUT2D eigenvalue weighted by Gasteiger charge is -2.30. The number of nitrogens with zero attached hydrogens (tertiary/aromatic N) is 3. The number of rotatable bonds is 3. The van der Waals surface area contributed by atoms with Gasteiger partial charge in [-0.3, -0.25) is 9.48 Å². The van der Waals surface area contributed by atoms with E-state index in [1.54, 1.807) is 0 Å².